The van der Waals surface area contributed by atoms with E-state index in [0.29, 0.717) is 31.1 Å². The third-order valence-corrected chi connectivity index (χ3v) is 5.73. The molecule has 2 heterocycles. The first-order chi connectivity index (χ1) is 12.6. The van der Waals surface area contributed by atoms with Crippen LogP contribution in [0, 0.1) is 12.8 Å². The van der Waals surface area contributed by atoms with Gasteiger partial charge in [-0.1, -0.05) is 30.3 Å². The van der Waals surface area contributed by atoms with Crippen molar-refractivity contribution >= 4 is 23.2 Å². The van der Waals surface area contributed by atoms with Crippen molar-refractivity contribution in [1.82, 2.24) is 10.2 Å². The number of hydrogen-bond acceptors (Lipinski definition) is 4. The molecule has 5 nitrogen and oxygen atoms in total. The summed E-state index contributed by atoms with van der Waals surface area (Å²) in [6, 6.07) is 11.8. The number of thiophene rings is 1. The van der Waals surface area contributed by atoms with Crippen molar-refractivity contribution in [3.05, 3.63) is 57.8 Å². The molecule has 0 aliphatic carbocycles. The molecule has 1 N–H and O–H groups in total. The summed E-state index contributed by atoms with van der Waals surface area (Å²) in [5.41, 5.74) is 2.29. The quantitative estimate of drug-likeness (QED) is 0.793. The van der Waals surface area contributed by atoms with Crippen LogP contribution in [0.5, 0.6) is 0 Å². The zero-order valence-corrected chi connectivity index (χ0v) is 15.9. The average Bonchev–Trinajstić information content (AvgIpc) is 3.32. The first-order valence-corrected chi connectivity index (χ1v) is 9.64. The zero-order chi connectivity index (χ0) is 18.5. The van der Waals surface area contributed by atoms with Gasteiger partial charge in [0.2, 0.25) is 5.91 Å². The molecule has 2 atom stereocenters. The zero-order valence-electron chi connectivity index (χ0n) is 15.1. The maximum Gasteiger partial charge on any atom is 0.263 e. The van der Waals surface area contributed by atoms with E-state index in [1.165, 1.54) is 11.3 Å². The molecule has 2 aromatic rings. The Bertz CT molecular complexity index is 760. The second-order valence-corrected chi connectivity index (χ2v) is 7.49. The summed E-state index contributed by atoms with van der Waals surface area (Å²) in [4.78, 5) is 28.1. The van der Waals surface area contributed by atoms with Gasteiger partial charge in [-0.2, -0.15) is 0 Å². The van der Waals surface area contributed by atoms with Gasteiger partial charge in [0.1, 0.15) is 0 Å². The lowest BCUT2D eigenvalue weighted by molar-refractivity contribution is -0.125. The first-order valence-electron chi connectivity index (χ1n) is 8.76. The Morgan fingerprint density at radius 3 is 2.73 bits per heavy atom. The van der Waals surface area contributed by atoms with E-state index < -0.39 is 0 Å². The van der Waals surface area contributed by atoms with Crippen LogP contribution in [0.3, 0.4) is 0 Å². The Kier molecular flexibility index (Phi) is 6.06. The van der Waals surface area contributed by atoms with Crippen LogP contribution in [0.25, 0.3) is 0 Å². The van der Waals surface area contributed by atoms with Crippen molar-refractivity contribution in [3.63, 3.8) is 0 Å². The van der Waals surface area contributed by atoms with Crippen molar-refractivity contribution in [2.24, 2.45) is 5.92 Å². The molecule has 6 heteroatoms. The van der Waals surface area contributed by atoms with Gasteiger partial charge in [-0.3, -0.25) is 9.59 Å². The molecule has 2 amide bonds. The molecule has 1 aliphatic heterocycles. The highest BCUT2D eigenvalue weighted by atomic mass is 32.1. The molecule has 1 aromatic heterocycles. The molecule has 3 rings (SSSR count). The van der Waals surface area contributed by atoms with Gasteiger partial charge in [0.15, 0.2) is 0 Å². The normalized spacial score (nSPS) is 19.5. The fraction of sp³-hybridized carbons (Fsp3) is 0.400. The predicted octanol–water partition coefficient (Wildman–Crippen LogP) is 2.67. The number of nitrogens with zero attached hydrogens (tertiary/aromatic N) is 1. The standard InChI is InChI=1S/C20H24N2O3S/c1-14-6-3-4-7-15(14)16-12-22(20(24)18-8-5-11-26-18)13-17(16)19(23)21-9-10-25-2/h3-8,11,16-17H,9-10,12-13H2,1-2H3,(H,21,23)/t16-,17+/m1/s1. The van der Waals surface area contributed by atoms with Gasteiger partial charge in [0.25, 0.3) is 5.91 Å². The predicted molar refractivity (Wildman–Crippen MR) is 103 cm³/mol. The number of likely N-dealkylation sites (tertiary alicyclic amines) is 1. The Morgan fingerprint density at radius 2 is 2.04 bits per heavy atom. The second-order valence-electron chi connectivity index (χ2n) is 6.54. The summed E-state index contributed by atoms with van der Waals surface area (Å²) < 4.78 is 5.02. The number of methoxy groups -OCH3 is 1. The molecule has 138 valence electrons. The molecule has 0 bridgehead atoms. The summed E-state index contributed by atoms with van der Waals surface area (Å²) in [5.74, 6) is -0.262. The maximum absolute atomic E-state index is 12.8. The molecule has 26 heavy (non-hydrogen) atoms. The highest BCUT2D eigenvalue weighted by molar-refractivity contribution is 7.12. The van der Waals surface area contributed by atoms with Gasteiger partial charge >= 0.3 is 0 Å². The first kappa shape index (κ1) is 18.6. The fourth-order valence-corrected chi connectivity index (χ4v) is 4.21. The highest BCUT2D eigenvalue weighted by Gasteiger charge is 2.41. The molecule has 0 unspecified atom stereocenters. The van der Waals surface area contributed by atoms with Crippen LogP contribution in [-0.2, 0) is 9.53 Å². The molecule has 1 aromatic carbocycles. The van der Waals surface area contributed by atoms with Crippen LogP contribution in [0.1, 0.15) is 26.7 Å². The number of carbonyl (C=O) groups is 2. The monoisotopic (exact) mass is 372 g/mol. The molecule has 1 aliphatic rings. The van der Waals surface area contributed by atoms with E-state index in [0.717, 1.165) is 11.1 Å². The topological polar surface area (TPSA) is 58.6 Å². The van der Waals surface area contributed by atoms with Crippen LogP contribution in [-0.4, -0.2) is 50.1 Å². The Hall–Kier alpha value is -2.18. The van der Waals surface area contributed by atoms with Crippen molar-refractivity contribution in [1.29, 1.82) is 0 Å². The average molecular weight is 372 g/mol. The van der Waals surface area contributed by atoms with Gasteiger partial charge in [-0.25, -0.2) is 0 Å². The lowest BCUT2D eigenvalue weighted by Crippen LogP contribution is -2.37. The van der Waals surface area contributed by atoms with Crippen LogP contribution in [0.2, 0.25) is 0 Å². The van der Waals surface area contributed by atoms with E-state index in [9.17, 15) is 9.59 Å². The Balaban J connectivity index is 1.82. The lowest BCUT2D eigenvalue weighted by atomic mass is 9.86. The van der Waals surface area contributed by atoms with E-state index in [1.807, 2.05) is 34.5 Å². The smallest absolute Gasteiger partial charge is 0.263 e. The number of benzene rings is 1. The van der Waals surface area contributed by atoms with E-state index in [-0.39, 0.29) is 23.7 Å². The third kappa shape index (κ3) is 3.97. The summed E-state index contributed by atoms with van der Waals surface area (Å²) in [7, 11) is 1.61. The van der Waals surface area contributed by atoms with E-state index >= 15 is 0 Å². The SMILES string of the molecule is COCCNC(=O)[C@H]1CN(C(=O)c2cccs2)C[C@@H]1c1ccccc1C. The van der Waals surface area contributed by atoms with Crippen LogP contribution >= 0.6 is 11.3 Å². The summed E-state index contributed by atoms with van der Waals surface area (Å²) in [6.07, 6.45) is 0. The van der Waals surface area contributed by atoms with Crippen molar-refractivity contribution in [3.8, 4) is 0 Å². The molecular weight excluding hydrogens is 348 g/mol. The fourth-order valence-electron chi connectivity index (χ4n) is 3.52. The number of nitrogens with one attached hydrogen (secondary N) is 1. The Labute approximate surface area is 158 Å². The minimum atomic E-state index is -0.253. The van der Waals surface area contributed by atoms with Crippen molar-refractivity contribution < 1.29 is 14.3 Å². The van der Waals surface area contributed by atoms with Gasteiger partial charge in [0.05, 0.1) is 17.4 Å². The minimum Gasteiger partial charge on any atom is -0.383 e. The van der Waals surface area contributed by atoms with Crippen molar-refractivity contribution in [2.45, 2.75) is 12.8 Å². The van der Waals surface area contributed by atoms with Gasteiger partial charge in [-0.15, -0.1) is 11.3 Å². The molecule has 1 saturated heterocycles. The number of hydrogen-bond donors (Lipinski definition) is 1. The third-order valence-electron chi connectivity index (χ3n) is 4.87. The lowest BCUT2D eigenvalue weighted by Gasteiger charge is -2.19. The number of amides is 2. The molecular formula is C20H24N2O3S. The van der Waals surface area contributed by atoms with Gasteiger partial charge in [0, 0.05) is 32.7 Å². The van der Waals surface area contributed by atoms with E-state index in [1.54, 1.807) is 7.11 Å². The maximum atomic E-state index is 12.8. The summed E-state index contributed by atoms with van der Waals surface area (Å²) in [5, 5.41) is 4.84. The summed E-state index contributed by atoms with van der Waals surface area (Å²) in [6.45, 7) is 4.01. The number of carbonyl (C=O) groups excluding carboxylic acids is 2. The molecule has 1 fully saturated rings. The van der Waals surface area contributed by atoms with Gasteiger partial charge in [-0.05, 0) is 29.5 Å². The Morgan fingerprint density at radius 1 is 1.23 bits per heavy atom. The van der Waals surface area contributed by atoms with E-state index in [2.05, 4.69) is 24.4 Å². The number of rotatable bonds is 6. The van der Waals surface area contributed by atoms with Gasteiger partial charge < -0.3 is 15.0 Å². The van der Waals surface area contributed by atoms with Crippen molar-refractivity contribution in [2.75, 3.05) is 33.4 Å². The van der Waals surface area contributed by atoms with E-state index in [4.69, 9.17) is 4.74 Å². The highest BCUT2D eigenvalue weighted by Crippen LogP contribution is 2.35. The molecule has 0 spiro atoms. The second kappa shape index (κ2) is 8.47. The van der Waals surface area contributed by atoms with Crippen LogP contribution < -0.4 is 5.32 Å². The summed E-state index contributed by atoms with van der Waals surface area (Å²) >= 11 is 1.44. The number of ether oxygens (including phenoxy) is 1. The largest absolute Gasteiger partial charge is 0.383 e. The number of aryl methyl sites for hydroxylation is 1. The molecule has 0 radical (unpaired) electrons. The molecule has 0 saturated carbocycles. The van der Waals surface area contributed by atoms with Crippen LogP contribution in [0.4, 0.5) is 0 Å². The van der Waals surface area contributed by atoms with Crippen LogP contribution in [0.15, 0.2) is 41.8 Å². The minimum absolute atomic E-state index is 0.00246.